The molecule has 162 valence electrons. The van der Waals surface area contributed by atoms with Crippen molar-refractivity contribution in [3.63, 3.8) is 0 Å². The van der Waals surface area contributed by atoms with E-state index in [9.17, 15) is 18.0 Å². The van der Waals surface area contributed by atoms with Crippen LogP contribution in [0.25, 0.3) is 5.69 Å². The predicted molar refractivity (Wildman–Crippen MR) is 116 cm³/mol. The highest BCUT2D eigenvalue weighted by Gasteiger charge is 2.63. The largest absolute Gasteiger partial charge is 0.430 e. The Morgan fingerprint density at radius 3 is 2.42 bits per heavy atom. The van der Waals surface area contributed by atoms with Crippen molar-refractivity contribution in [3.8, 4) is 5.69 Å². The molecule has 10 heteroatoms. The van der Waals surface area contributed by atoms with Crippen LogP contribution in [0.3, 0.4) is 0 Å². The molecule has 2 aromatic carbocycles. The zero-order valence-corrected chi connectivity index (χ0v) is 18.6. The Labute approximate surface area is 189 Å². The van der Waals surface area contributed by atoms with E-state index in [-0.39, 0.29) is 11.4 Å². The fourth-order valence-corrected chi connectivity index (χ4v) is 4.83. The van der Waals surface area contributed by atoms with Gasteiger partial charge >= 0.3 is 6.18 Å². The quantitative estimate of drug-likeness (QED) is 0.496. The fraction of sp³-hybridized carbons (Fsp3) is 0.238. The summed E-state index contributed by atoms with van der Waals surface area (Å²) in [5.41, 5.74) is -1.41. The minimum Gasteiger partial charge on any atom is -0.356 e. The van der Waals surface area contributed by atoms with Crippen molar-refractivity contribution < 1.29 is 22.7 Å². The lowest BCUT2D eigenvalue weighted by atomic mass is 9.91. The third kappa shape index (κ3) is 3.77. The number of aromatic nitrogens is 2. The lowest BCUT2D eigenvalue weighted by Crippen LogP contribution is -2.53. The normalized spacial score (nSPS) is 15.4. The van der Waals surface area contributed by atoms with Crippen molar-refractivity contribution in [1.29, 1.82) is 0 Å². The lowest BCUT2D eigenvalue weighted by Gasteiger charge is -2.33. The third-order valence-corrected chi connectivity index (χ3v) is 6.56. The van der Waals surface area contributed by atoms with E-state index in [4.69, 9.17) is 4.74 Å². The molecule has 0 bridgehead atoms. The summed E-state index contributed by atoms with van der Waals surface area (Å²) in [6, 6.07) is 14.0. The second-order valence-electron chi connectivity index (χ2n) is 6.86. The number of amides is 1. The maximum absolute atomic E-state index is 14.3. The Morgan fingerprint density at radius 2 is 1.81 bits per heavy atom. The summed E-state index contributed by atoms with van der Waals surface area (Å²) in [6.45, 7) is 0. The number of ether oxygens (including phenoxy) is 1. The van der Waals surface area contributed by atoms with E-state index in [1.54, 1.807) is 42.1 Å². The highest BCUT2D eigenvalue weighted by molar-refractivity contribution is 9.10. The van der Waals surface area contributed by atoms with Gasteiger partial charge in [0, 0.05) is 34.2 Å². The van der Waals surface area contributed by atoms with Gasteiger partial charge in [-0.05, 0) is 24.3 Å². The van der Waals surface area contributed by atoms with E-state index in [2.05, 4.69) is 26.3 Å². The summed E-state index contributed by atoms with van der Waals surface area (Å²) >= 11 is 4.94. The van der Waals surface area contributed by atoms with Crippen LogP contribution in [-0.4, -0.2) is 29.0 Å². The molecule has 1 aliphatic rings. The molecule has 0 fully saturated rings. The Hall–Kier alpha value is -2.30. The van der Waals surface area contributed by atoms with Gasteiger partial charge in [-0.3, -0.25) is 4.79 Å². The van der Waals surface area contributed by atoms with Gasteiger partial charge in [-0.25, -0.2) is 4.68 Å². The van der Waals surface area contributed by atoms with Crippen LogP contribution in [0, 0.1) is 0 Å². The molecule has 1 amide bonds. The summed E-state index contributed by atoms with van der Waals surface area (Å²) in [5, 5.41) is 7.02. The molecule has 0 spiro atoms. The highest BCUT2D eigenvalue weighted by atomic mass is 79.9. The van der Waals surface area contributed by atoms with Crippen molar-refractivity contribution in [2.45, 2.75) is 23.3 Å². The molecule has 2 heterocycles. The van der Waals surface area contributed by atoms with Gasteiger partial charge in [0.25, 0.3) is 11.5 Å². The number of carbonyl (C=O) groups excluding carboxylic acids is 1. The minimum atomic E-state index is -4.99. The van der Waals surface area contributed by atoms with Crippen LogP contribution in [-0.2, 0) is 26.6 Å². The van der Waals surface area contributed by atoms with E-state index in [0.717, 1.165) is 17.3 Å². The van der Waals surface area contributed by atoms with Gasteiger partial charge in [0.2, 0.25) is 0 Å². The minimum absolute atomic E-state index is 0.217. The average Bonchev–Trinajstić information content (AvgIpc) is 3.32. The maximum Gasteiger partial charge on any atom is 0.430 e. The molecule has 1 aliphatic heterocycles. The molecule has 31 heavy (non-hydrogen) atoms. The summed E-state index contributed by atoms with van der Waals surface area (Å²) in [7, 11) is 0.881. The van der Waals surface area contributed by atoms with Gasteiger partial charge in [-0.2, -0.15) is 30.0 Å². The van der Waals surface area contributed by atoms with E-state index in [0.29, 0.717) is 22.8 Å². The number of halogens is 4. The van der Waals surface area contributed by atoms with Gasteiger partial charge < -0.3 is 10.1 Å². The van der Waals surface area contributed by atoms with E-state index < -0.39 is 17.7 Å². The molecule has 0 radical (unpaired) electrons. The van der Waals surface area contributed by atoms with Gasteiger partial charge in [-0.1, -0.05) is 46.3 Å². The lowest BCUT2D eigenvalue weighted by molar-refractivity contribution is -0.263. The Balaban J connectivity index is 1.81. The zero-order chi connectivity index (χ0) is 22.2. The molecule has 0 saturated heterocycles. The van der Waals surface area contributed by atoms with Crippen LogP contribution >= 0.6 is 27.7 Å². The number of benzene rings is 2. The Kier molecular flexibility index (Phi) is 5.89. The molecule has 0 saturated carbocycles. The van der Waals surface area contributed by atoms with Crippen LogP contribution in [0.4, 0.5) is 19.0 Å². The number of hydrogen-bond acceptors (Lipinski definition) is 4. The average molecular weight is 512 g/mol. The molecule has 5 nitrogen and oxygen atoms in total. The van der Waals surface area contributed by atoms with E-state index in [1.807, 2.05) is 0 Å². The SMILES string of the molecule is COC(C(=O)Nc1c2c(nn1-c1ccc(Br)cc1)CSC2)(c1ccccc1)C(F)(F)F. The standard InChI is InChI=1S/C21H17BrF3N3O2S/c1-30-20(21(23,24)25,13-5-3-2-4-6-13)19(29)26-18-16-11-31-12-17(16)27-28(18)15-9-7-14(22)8-10-15/h2-10H,11-12H2,1H3,(H,26,29). The van der Waals surface area contributed by atoms with Crippen molar-refractivity contribution in [2.24, 2.45) is 0 Å². The number of nitrogens with one attached hydrogen (secondary N) is 1. The number of methoxy groups -OCH3 is 1. The van der Waals surface area contributed by atoms with Gasteiger partial charge in [-0.15, -0.1) is 0 Å². The molecule has 1 N–H and O–H groups in total. The molecule has 0 aliphatic carbocycles. The maximum atomic E-state index is 14.3. The van der Waals surface area contributed by atoms with Gasteiger partial charge in [0.15, 0.2) is 0 Å². The summed E-state index contributed by atoms with van der Waals surface area (Å²) in [5.74, 6) is 0.0501. The van der Waals surface area contributed by atoms with Crippen molar-refractivity contribution in [1.82, 2.24) is 9.78 Å². The first kappa shape index (κ1) is 21.9. The first-order valence-corrected chi connectivity index (χ1v) is 11.2. The topological polar surface area (TPSA) is 56.1 Å². The van der Waals surface area contributed by atoms with Crippen molar-refractivity contribution in [2.75, 3.05) is 12.4 Å². The number of carbonyl (C=O) groups is 1. The predicted octanol–water partition coefficient (Wildman–Crippen LogP) is 5.42. The first-order valence-electron chi connectivity index (χ1n) is 9.21. The Morgan fingerprint density at radius 1 is 1.13 bits per heavy atom. The highest BCUT2D eigenvalue weighted by Crippen LogP contribution is 2.44. The van der Waals surface area contributed by atoms with Crippen LogP contribution in [0.5, 0.6) is 0 Å². The van der Waals surface area contributed by atoms with E-state index in [1.165, 1.54) is 28.9 Å². The molecular formula is C21H17BrF3N3O2S. The molecular weight excluding hydrogens is 495 g/mol. The number of alkyl halides is 3. The van der Waals surface area contributed by atoms with Crippen molar-refractivity contribution in [3.05, 3.63) is 75.9 Å². The number of anilines is 1. The molecule has 1 unspecified atom stereocenters. The summed E-state index contributed by atoms with van der Waals surface area (Å²) < 4.78 is 50.0. The molecule has 1 atom stereocenters. The zero-order valence-electron chi connectivity index (χ0n) is 16.2. The fourth-order valence-electron chi connectivity index (χ4n) is 3.53. The molecule has 1 aromatic heterocycles. The molecule has 4 rings (SSSR count). The van der Waals surface area contributed by atoms with Crippen LogP contribution in [0.2, 0.25) is 0 Å². The number of fused-ring (bicyclic) bond motifs is 1. The van der Waals surface area contributed by atoms with Crippen molar-refractivity contribution >= 4 is 39.4 Å². The monoisotopic (exact) mass is 511 g/mol. The Bertz CT molecular complexity index is 1100. The number of thioether (sulfide) groups is 1. The van der Waals surface area contributed by atoms with Crippen LogP contribution < -0.4 is 5.32 Å². The van der Waals surface area contributed by atoms with Gasteiger partial charge in [0.1, 0.15) is 5.82 Å². The first-order chi connectivity index (χ1) is 14.8. The summed E-state index contributed by atoms with van der Waals surface area (Å²) in [6.07, 6.45) is -4.99. The third-order valence-electron chi connectivity index (χ3n) is 5.06. The second-order valence-corrected chi connectivity index (χ2v) is 8.76. The van der Waals surface area contributed by atoms with E-state index >= 15 is 0 Å². The van der Waals surface area contributed by atoms with Crippen LogP contribution in [0.1, 0.15) is 16.8 Å². The number of rotatable bonds is 5. The number of nitrogens with zero attached hydrogens (tertiary/aromatic N) is 2. The summed E-state index contributed by atoms with van der Waals surface area (Å²) in [4.78, 5) is 13.2. The second kappa shape index (κ2) is 8.33. The smallest absolute Gasteiger partial charge is 0.356 e. The van der Waals surface area contributed by atoms with Gasteiger partial charge in [0.05, 0.1) is 11.4 Å². The molecule has 3 aromatic rings. The van der Waals surface area contributed by atoms with Crippen LogP contribution in [0.15, 0.2) is 59.1 Å². The number of hydrogen-bond donors (Lipinski definition) is 1.